The van der Waals surface area contributed by atoms with Crippen molar-refractivity contribution in [2.24, 2.45) is 0 Å². The number of aromatic nitrogens is 2. The summed E-state index contributed by atoms with van der Waals surface area (Å²) in [5, 5.41) is 6.00. The van der Waals surface area contributed by atoms with Crippen molar-refractivity contribution in [2.75, 3.05) is 25.6 Å². The fourth-order valence-electron chi connectivity index (χ4n) is 4.55. The van der Waals surface area contributed by atoms with Crippen LogP contribution in [0.3, 0.4) is 0 Å². The van der Waals surface area contributed by atoms with Gasteiger partial charge in [-0.05, 0) is 70.9 Å². The van der Waals surface area contributed by atoms with E-state index in [0.717, 1.165) is 0 Å². The highest BCUT2D eigenvalue weighted by molar-refractivity contribution is 7.44. The maximum atomic E-state index is 13.5. The molecule has 1 aliphatic heterocycles. The van der Waals surface area contributed by atoms with Crippen LogP contribution in [0.4, 0.5) is 5.82 Å². The van der Waals surface area contributed by atoms with E-state index in [1.165, 1.54) is 17.9 Å². The number of aliphatic hydroxyl groups excluding tert-OH is 1. The number of carbonyl (C=O) groups excluding carboxylic acids is 1. The molecule has 0 spiro atoms. The fourth-order valence-corrected chi connectivity index (χ4v) is 7.59. The van der Waals surface area contributed by atoms with E-state index in [9.17, 15) is 9.59 Å². The predicted octanol–water partition coefficient (Wildman–Crippen LogP) is 6.08. The Hall–Kier alpha value is -2.53. The number of nitrogens with one attached hydrogen (secondary N) is 1. The molecule has 12 nitrogen and oxygen atoms in total. The van der Waals surface area contributed by atoms with Gasteiger partial charge in [-0.15, -0.1) is 0 Å². The van der Waals surface area contributed by atoms with E-state index in [2.05, 4.69) is 86.5 Å². The van der Waals surface area contributed by atoms with Gasteiger partial charge in [0.15, 0.2) is 14.5 Å². The van der Waals surface area contributed by atoms with Crippen LogP contribution < -0.4 is 11.0 Å². The van der Waals surface area contributed by atoms with E-state index >= 15 is 0 Å². The van der Waals surface area contributed by atoms with Crippen LogP contribution in [0, 0.1) is 6.57 Å². The number of hydrogen-bond donors (Lipinski definition) is 2. The Morgan fingerprint density at radius 1 is 1.26 bits per heavy atom. The molecule has 2 aromatic rings. The third kappa shape index (κ3) is 10.2. The van der Waals surface area contributed by atoms with Crippen LogP contribution in [0.1, 0.15) is 73.3 Å². The number of anilines is 1. The Labute approximate surface area is 279 Å². The third-order valence-corrected chi connectivity index (χ3v) is 14.4. The highest BCUT2D eigenvalue weighted by atomic mass is 31.2. The maximum Gasteiger partial charge on any atom is 0.351 e. The molecule has 1 amide bonds. The van der Waals surface area contributed by atoms with Crippen molar-refractivity contribution in [3.05, 3.63) is 70.1 Å². The summed E-state index contributed by atoms with van der Waals surface area (Å²) in [7, 11) is -2.85. The smallest absolute Gasteiger partial charge is 0.351 e. The summed E-state index contributed by atoms with van der Waals surface area (Å²) < 4.78 is 43.8. The first-order chi connectivity index (χ1) is 22.5. The second-order valence-corrected chi connectivity index (χ2v) is 19.0. The molecule has 3 rings (SSSR count). The van der Waals surface area contributed by atoms with Crippen molar-refractivity contribution in [3.63, 3.8) is 0 Å². The minimum Gasteiger partial charge on any atom is -0.407 e. The molecule has 2 unspecified atom stereocenters. The average molecular weight is 681 g/mol. The van der Waals surface area contributed by atoms with E-state index in [4.69, 9.17) is 27.6 Å². The number of aliphatic hydroxyl groups is 1. The van der Waals surface area contributed by atoms with Crippen LogP contribution in [-0.4, -0.2) is 85.6 Å². The summed E-state index contributed by atoms with van der Waals surface area (Å²) in [6.07, 6.45) is -1.66. The Morgan fingerprint density at radius 2 is 1.89 bits per heavy atom. The van der Waals surface area contributed by atoms with Gasteiger partial charge in [-0.25, -0.2) is 16.0 Å². The predicted molar refractivity (Wildman–Crippen MR) is 184 cm³/mol. The van der Waals surface area contributed by atoms with Crippen molar-refractivity contribution >= 4 is 28.6 Å². The van der Waals surface area contributed by atoms with Crippen molar-refractivity contribution in [3.8, 4) is 0 Å². The summed E-state index contributed by atoms with van der Waals surface area (Å²) in [6.45, 7) is 26.3. The largest absolute Gasteiger partial charge is 0.407 e. The molecular weight excluding hydrogens is 625 g/mol. The minimum absolute atomic E-state index is 0.0711. The van der Waals surface area contributed by atoms with Crippen molar-refractivity contribution in [1.82, 2.24) is 14.2 Å². The Bertz CT molecular complexity index is 1380. The first kappa shape index (κ1) is 36.3. The molecule has 1 saturated heterocycles. The first-order valence-electron chi connectivity index (χ1n) is 16.4. The lowest BCUT2D eigenvalue weighted by Crippen LogP contribution is -2.50. The van der Waals surface area contributed by atoms with Crippen LogP contribution in [-0.2, 0) is 18.2 Å². The van der Waals surface area contributed by atoms with E-state index in [1.54, 1.807) is 30.3 Å². The number of carbonyl (C=O) groups is 1. The molecule has 46 heavy (non-hydrogen) atoms. The number of benzene rings is 1. The van der Waals surface area contributed by atoms with Gasteiger partial charge in [-0.3, -0.25) is 9.36 Å². The Morgan fingerprint density at radius 3 is 2.41 bits per heavy atom. The highest BCUT2D eigenvalue weighted by Crippen LogP contribution is 2.51. The number of rotatable bonds is 13. The molecule has 5 atom stereocenters. The number of hydrogen-bond acceptors (Lipinski definition) is 9. The standard InChI is InChI=1S/C31H48N5O6PSi.CH4O/c1-21(2)36(22(3)4)43(39-20-18-32-9)41-26-23(5)40-29(27(26)42-44(10,11)31(6,7)8)35-19-17-25(34-30(35)38)33-28(37)24-15-13-12-14-16-24;1-2/h12-17,19,21-23,26-27,29H,18,20H2,1-8,10-11H3,(H,33,34,37,38);2H,1H3/t23-,26+,27?,29-,43?;/m1./s1/i5D;2T. The second-order valence-electron chi connectivity index (χ2n) is 12.8. The number of nitrogens with zero attached hydrogens (tertiary/aromatic N) is 4. The molecule has 0 saturated carbocycles. The molecule has 1 aliphatic rings. The van der Waals surface area contributed by atoms with Gasteiger partial charge < -0.3 is 33.5 Å². The number of amides is 1. The molecule has 2 heterocycles. The number of ether oxygens (including phenoxy) is 1. The lowest BCUT2D eigenvalue weighted by molar-refractivity contribution is -0.0310. The first-order valence-corrected chi connectivity index (χ1v) is 19.3. The molecule has 256 valence electrons. The van der Waals surface area contributed by atoms with Crippen LogP contribution in [0.15, 0.2) is 47.4 Å². The Kier molecular flexibility index (Phi) is 13.9. The zero-order chi connectivity index (χ0) is 36.2. The van der Waals surface area contributed by atoms with Gasteiger partial charge in [0, 0.05) is 32.3 Å². The summed E-state index contributed by atoms with van der Waals surface area (Å²) in [6, 6.07) is 10.4. The molecule has 1 fully saturated rings. The van der Waals surface area contributed by atoms with Crippen LogP contribution in [0.5, 0.6) is 0 Å². The highest BCUT2D eigenvalue weighted by Gasteiger charge is 2.52. The van der Waals surface area contributed by atoms with Crippen LogP contribution in [0.2, 0.25) is 18.1 Å². The van der Waals surface area contributed by atoms with Crippen molar-refractivity contribution in [2.45, 2.75) is 110 Å². The molecule has 2 N–H and O–H groups in total. The van der Waals surface area contributed by atoms with Crippen LogP contribution >= 0.6 is 8.53 Å². The quantitative estimate of drug-likeness (QED) is 0.112. The summed E-state index contributed by atoms with van der Waals surface area (Å²) in [5.74, 6) is -0.276. The maximum absolute atomic E-state index is 13.5. The van der Waals surface area contributed by atoms with E-state index in [1.807, 2.05) is 6.07 Å². The molecule has 1 aromatic carbocycles. The topological polar surface area (TPSA) is 129 Å². The summed E-state index contributed by atoms with van der Waals surface area (Å²) >= 11 is 0. The average Bonchev–Trinajstić information content (AvgIpc) is 3.32. The minimum atomic E-state index is -2.47. The van der Waals surface area contributed by atoms with Gasteiger partial charge in [0.1, 0.15) is 24.6 Å². The monoisotopic (exact) mass is 680 g/mol. The molecule has 1 aromatic heterocycles. The lowest BCUT2D eigenvalue weighted by Gasteiger charge is -2.42. The summed E-state index contributed by atoms with van der Waals surface area (Å²) in [4.78, 5) is 33.7. The molecular formula is C32H52N5O7PSi. The zero-order valence-electron chi connectivity index (χ0n) is 30.7. The molecule has 14 heteroatoms. The van der Waals surface area contributed by atoms with Gasteiger partial charge in [-0.1, -0.05) is 39.0 Å². The van der Waals surface area contributed by atoms with Gasteiger partial charge in [-0.2, -0.15) is 4.98 Å². The lowest BCUT2D eigenvalue weighted by atomic mass is 10.1. The zero-order valence-corrected chi connectivity index (χ0v) is 30.6. The van der Waals surface area contributed by atoms with E-state index < -0.39 is 47.1 Å². The molecule has 0 bridgehead atoms. The fraction of sp³-hybridized carbons (Fsp3) is 0.625. The molecule has 0 radical (unpaired) electrons. The summed E-state index contributed by atoms with van der Waals surface area (Å²) in [5.41, 5.74) is -0.198. The van der Waals surface area contributed by atoms with E-state index in [0.29, 0.717) is 5.56 Å². The van der Waals surface area contributed by atoms with Crippen molar-refractivity contribution in [1.29, 1.82) is 1.43 Å². The third-order valence-electron chi connectivity index (χ3n) is 7.77. The van der Waals surface area contributed by atoms with E-state index in [-0.39, 0.29) is 48.9 Å². The normalized spacial score (nSPS) is 21.3. The van der Waals surface area contributed by atoms with Gasteiger partial charge in [0.05, 0.1) is 6.10 Å². The van der Waals surface area contributed by atoms with Gasteiger partial charge >= 0.3 is 5.69 Å². The van der Waals surface area contributed by atoms with Gasteiger partial charge in [0.25, 0.3) is 14.4 Å². The van der Waals surface area contributed by atoms with Gasteiger partial charge in [0.2, 0.25) is 7.98 Å². The SMILES string of the molecule is [2H]C[C@H]1O[C@@H](n2ccc(NC(=O)c3ccccc3)nc2=O)C(O[Si](C)(C)C(C)(C)C)[C@H]1OP(OCC[N+]#[C-])N(C(C)C)C(C)C.[3H]OC. The van der Waals surface area contributed by atoms with Crippen LogP contribution in [0.25, 0.3) is 4.85 Å². The molecule has 0 aliphatic carbocycles. The Balaban J connectivity index is 0.00000257. The van der Waals surface area contributed by atoms with Crippen molar-refractivity contribution < 1.29 is 29.5 Å². The second kappa shape index (κ2) is 17.6.